The molecular formula is C22H21ClN4O3S. The van der Waals surface area contributed by atoms with Crippen molar-refractivity contribution in [3.63, 3.8) is 0 Å². The van der Waals surface area contributed by atoms with Gasteiger partial charge in [0.15, 0.2) is 0 Å². The van der Waals surface area contributed by atoms with Crippen molar-refractivity contribution in [2.45, 2.75) is 37.2 Å². The number of aromatic nitrogens is 2. The highest BCUT2D eigenvalue weighted by atomic mass is 35.5. The Morgan fingerprint density at radius 3 is 2.58 bits per heavy atom. The Bertz CT molecular complexity index is 1080. The highest BCUT2D eigenvalue weighted by Crippen LogP contribution is 2.31. The second kappa shape index (κ2) is 9.53. The molecule has 0 unspecified atom stereocenters. The van der Waals surface area contributed by atoms with Crippen LogP contribution in [0.15, 0.2) is 57.8 Å². The summed E-state index contributed by atoms with van der Waals surface area (Å²) >= 11 is 7.66. The quantitative estimate of drug-likeness (QED) is 0.497. The third kappa shape index (κ3) is 5.65. The predicted octanol–water partition coefficient (Wildman–Crippen LogP) is 4.63. The Kier molecular flexibility index (Phi) is 6.58. The molecule has 0 radical (unpaired) electrons. The fraction of sp³-hybridized carbons (Fsp3) is 0.273. The van der Waals surface area contributed by atoms with Gasteiger partial charge >= 0.3 is 0 Å². The van der Waals surface area contributed by atoms with Crippen LogP contribution >= 0.6 is 23.4 Å². The van der Waals surface area contributed by atoms with Crippen molar-refractivity contribution in [2.24, 2.45) is 0 Å². The van der Waals surface area contributed by atoms with Gasteiger partial charge in [0, 0.05) is 23.5 Å². The summed E-state index contributed by atoms with van der Waals surface area (Å²) in [4.78, 5) is 26.8. The van der Waals surface area contributed by atoms with E-state index < -0.39 is 0 Å². The Morgan fingerprint density at radius 2 is 1.90 bits per heavy atom. The molecule has 7 nitrogen and oxygen atoms in total. The average Bonchev–Trinajstić information content (AvgIpc) is 3.49. The number of hydrogen-bond acceptors (Lipinski definition) is 6. The first kappa shape index (κ1) is 21.4. The summed E-state index contributed by atoms with van der Waals surface area (Å²) in [6.45, 7) is 1.75. The maximum atomic E-state index is 12.9. The molecular weight excluding hydrogens is 436 g/mol. The summed E-state index contributed by atoms with van der Waals surface area (Å²) < 4.78 is 5.77. The number of nitrogens with zero attached hydrogens (tertiary/aromatic N) is 3. The minimum atomic E-state index is -0.116. The maximum absolute atomic E-state index is 12.9. The van der Waals surface area contributed by atoms with Crippen molar-refractivity contribution in [1.29, 1.82) is 0 Å². The molecule has 1 heterocycles. The number of amides is 2. The van der Waals surface area contributed by atoms with E-state index in [4.69, 9.17) is 16.0 Å². The second-order valence-corrected chi connectivity index (χ2v) is 8.68. The monoisotopic (exact) mass is 456 g/mol. The van der Waals surface area contributed by atoms with Crippen LogP contribution in [0.4, 0.5) is 5.69 Å². The molecule has 2 aromatic carbocycles. The van der Waals surface area contributed by atoms with Crippen LogP contribution in [0.5, 0.6) is 0 Å². The third-order valence-electron chi connectivity index (χ3n) is 4.72. The third-order valence-corrected chi connectivity index (χ3v) is 6.05. The van der Waals surface area contributed by atoms with Gasteiger partial charge in [-0.1, -0.05) is 23.7 Å². The van der Waals surface area contributed by atoms with E-state index in [0.29, 0.717) is 28.1 Å². The van der Waals surface area contributed by atoms with Gasteiger partial charge in [-0.25, -0.2) is 0 Å². The smallest absolute Gasteiger partial charge is 0.249 e. The van der Waals surface area contributed by atoms with E-state index in [1.54, 1.807) is 6.07 Å². The van der Waals surface area contributed by atoms with Crippen LogP contribution in [-0.4, -0.2) is 38.7 Å². The molecule has 1 aliphatic rings. The Balaban J connectivity index is 1.37. The summed E-state index contributed by atoms with van der Waals surface area (Å²) in [6.07, 6.45) is 1.96. The molecule has 0 saturated heterocycles. The van der Waals surface area contributed by atoms with E-state index in [2.05, 4.69) is 15.5 Å². The van der Waals surface area contributed by atoms with Gasteiger partial charge in [-0.2, -0.15) is 0 Å². The number of benzene rings is 2. The van der Waals surface area contributed by atoms with Crippen molar-refractivity contribution in [3.05, 3.63) is 59.4 Å². The molecule has 1 fully saturated rings. The largest absolute Gasteiger partial charge is 0.419 e. The van der Waals surface area contributed by atoms with Gasteiger partial charge in [-0.3, -0.25) is 9.59 Å². The first-order valence-electron chi connectivity index (χ1n) is 9.87. The van der Waals surface area contributed by atoms with Gasteiger partial charge in [-0.05, 0) is 49.2 Å². The van der Waals surface area contributed by atoms with Crippen molar-refractivity contribution < 1.29 is 14.0 Å². The van der Waals surface area contributed by atoms with Gasteiger partial charge in [0.1, 0.15) is 0 Å². The van der Waals surface area contributed by atoms with Crippen molar-refractivity contribution in [1.82, 2.24) is 15.1 Å². The number of anilines is 1. The number of thioether (sulfide) groups is 1. The predicted molar refractivity (Wildman–Crippen MR) is 120 cm³/mol. The van der Waals surface area contributed by atoms with E-state index in [9.17, 15) is 9.59 Å². The molecule has 160 valence electrons. The molecule has 0 aliphatic heterocycles. The molecule has 4 rings (SSSR count). The first-order chi connectivity index (χ1) is 15.0. The molecule has 1 saturated carbocycles. The van der Waals surface area contributed by atoms with E-state index in [1.165, 1.54) is 18.7 Å². The molecule has 9 heteroatoms. The number of carbonyl (C=O) groups is 2. The first-order valence-corrected chi connectivity index (χ1v) is 11.2. The van der Waals surface area contributed by atoms with Crippen molar-refractivity contribution >= 4 is 40.9 Å². The van der Waals surface area contributed by atoms with E-state index in [1.807, 2.05) is 47.4 Å². The average molecular weight is 457 g/mol. The molecule has 0 spiro atoms. The highest BCUT2D eigenvalue weighted by molar-refractivity contribution is 8.00. The van der Waals surface area contributed by atoms with Crippen LogP contribution in [0.3, 0.4) is 0 Å². The number of carbonyl (C=O) groups excluding carboxylic acids is 2. The SMILES string of the molecule is CC(=O)Nc1ccc(SCC(=O)N(Cc2nnc(-c3ccccc3Cl)o2)C2CC2)cc1. The normalized spacial score (nSPS) is 13.1. The van der Waals surface area contributed by atoms with Crippen LogP contribution in [-0.2, 0) is 16.1 Å². The molecule has 3 aromatic rings. The zero-order valence-corrected chi connectivity index (χ0v) is 18.4. The van der Waals surface area contributed by atoms with E-state index in [-0.39, 0.29) is 24.4 Å². The lowest BCUT2D eigenvalue weighted by Crippen LogP contribution is -2.34. The summed E-state index contributed by atoms with van der Waals surface area (Å²) in [7, 11) is 0. The summed E-state index contributed by atoms with van der Waals surface area (Å²) in [5.41, 5.74) is 1.40. The molecule has 0 atom stereocenters. The zero-order valence-electron chi connectivity index (χ0n) is 16.9. The number of rotatable bonds is 8. The fourth-order valence-corrected chi connectivity index (χ4v) is 4.08. The number of hydrogen-bond donors (Lipinski definition) is 1. The zero-order chi connectivity index (χ0) is 21.8. The van der Waals surface area contributed by atoms with Gasteiger partial charge in [0.25, 0.3) is 0 Å². The molecule has 1 N–H and O–H groups in total. The lowest BCUT2D eigenvalue weighted by molar-refractivity contribution is -0.129. The van der Waals surface area contributed by atoms with Crippen LogP contribution in [0.1, 0.15) is 25.7 Å². The topological polar surface area (TPSA) is 88.3 Å². The summed E-state index contributed by atoms with van der Waals surface area (Å²) in [5.74, 6) is 0.948. The van der Waals surface area contributed by atoms with Gasteiger partial charge in [-0.15, -0.1) is 22.0 Å². The lowest BCUT2D eigenvalue weighted by Gasteiger charge is -2.20. The standard InChI is InChI=1S/C22H21ClN4O3S/c1-14(28)24-15-6-10-17(11-7-15)31-13-21(29)27(16-8-9-16)12-20-25-26-22(30-20)18-4-2-3-5-19(18)23/h2-7,10-11,16H,8-9,12-13H2,1H3,(H,24,28). The van der Waals surface area contributed by atoms with E-state index in [0.717, 1.165) is 23.4 Å². The van der Waals surface area contributed by atoms with Crippen LogP contribution in [0.2, 0.25) is 5.02 Å². The van der Waals surface area contributed by atoms with Crippen molar-refractivity contribution in [3.8, 4) is 11.5 Å². The Morgan fingerprint density at radius 1 is 1.16 bits per heavy atom. The lowest BCUT2D eigenvalue weighted by atomic mass is 10.2. The highest BCUT2D eigenvalue weighted by Gasteiger charge is 2.33. The Hall–Kier alpha value is -2.84. The van der Waals surface area contributed by atoms with Crippen LogP contribution in [0, 0.1) is 0 Å². The molecule has 1 aromatic heterocycles. The molecule has 0 bridgehead atoms. The summed E-state index contributed by atoms with van der Waals surface area (Å²) in [5, 5.41) is 11.5. The van der Waals surface area contributed by atoms with Crippen LogP contribution in [0.25, 0.3) is 11.5 Å². The van der Waals surface area contributed by atoms with Gasteiger partial charge in [0.05, 0.1) is 22.9 Å². The Labute approximate surface area is 189 Å². The number of nitrogens with one attached hydrogen (secondary N) is 1. The van der Waals surface area contributed by atoms with E-state index >= 15 is 0 Å². The van der Waals surface area contributed by atoms with Crippen molar-refractivity contribution in [2.75, 3.05) is 11.1 Å². The van der Waals surface area contributed by atoms with Gasteiger partial charge in [0.2, 0.25) is 23.6 Å². The summed E-state index contributed by atoms with van der Waals surface area (Å²) in [6, 6.07) is 14.9. The second-order valence-electron chi connectivity index (χ2n) is 7.23. The minimum Gasteiger partial charge on any atom is -0.419 e. The molecule has 1 aliphatic carbocycles. The molecule has 2 amide bonds. The van der Waals surface area contributed by atoms with Crippen LogP contribution < -0.4 is 5.32 Å². The van der Waals surface area contributed by atoms with Gasteiger partial charge < -0.3 is 14.6 Å². The number of halogens is 1. The maximum Gasteiger partial charge on any atom is 0.249 e. The minimum absolute atomic E-state index is 0.0240. The fourth-order valence-electron chi connectivity index (χ4n) is 3.08. The molecule has 31 heavy (non-hydrogen) atoms.